The second-order valence-electron chi connectivity index (χ2n) is 7.53. The van der Waals surface area contributed by atoms with E-state index in [1.807, 2.05) is 6.07 Å². The quantitative estimate of drug-likeness (QED) is 0.725. The molecule has 2 aliphatic rings. The van der Waals surface area contributed by atoms with Gasteiger partial charge in [0.1, 0.15) is 11.2 Å². The molecule has 29 heavy (non-hydrogen) atoms. The second kappa shape index (κ2) is 6.54. The van der Waals surface area contributed by atoms with E-state index in [1.54, 1.807) is 0 Å². The highest BCUT2D eigenvalue weighted by Crippen LogP contribution is 2.50. The van der Waals surface area contributed by atoms with E-state index >= 15 is 0 Å². The molecular formula is C19H16F4N4O2. The van der Waals surface area contributed by atoms with Crippen molar-refractivity contribution < 1.29 is 26.9 Å². The van der Waals surface area contributed by atoms with Gasteiger partial charge in [0.2, 0.25) is 17.6 Å². The zero-order valence-corrected chi connectivity index (χ0v) is 15.2. The van der Waals surface area contributed by atoms with Gasteiger partial charge in [0.15, 0.2) is 5.41 Å². The third-order valence-electron chi connectivity index (χ3n) is 5.87. The van der Waals surface area contributed by atoms with Crippen molar-refractivity contribution in [2.24, 2.45) is 5.41 Å². The number of alkyl halides is 3. The monoisotopic (exact) mass is 408 g/mol. The molecular weight excluding hydrogens is 392 g/mol. The van der Waals surface area contributed by atoms with Gasteiger partial charge in [-0.3, -0.25) is 4.79 Å². The fraction of sp³-hybridized carbons (Fsp3) is 0.474. The van der Waals surface area contributed by atoms with Crippen molar-refractivity contribution in [3.63, 3.8) is 0 Å². The summed E-state index contributed by atoms with van der Waals surface area (Å²) in [5, 5.41) is 13.0. The number of benzene rings is 1. The highest BCUT2D eigenvalue weighted by molar-refractivity contribution is 5.86. The summed E-state index contributed by atoms with van der Waals surface area (Å²) in [6.07, 6.45) is -3.77. The van der Waals surface area contributed by atoms with Crippen molar-refractivity contribution in [2.75, 3.05) is 13.1 Å². The number of nitriles is 1. The first-order chi connectivity index (χ1) is 13.7. The molecule has 6 nitrogen and oxygen atoms in total. The number of likely N-dealkylation sites (tertiary alicyclic amines) is 1. The summed E-state index contributed by atoms with van der Waals surface area (Å²) in [7, 11) is 0. The molecule has 2 fully saturated rings. The smallest absolute Gasteiger partial charge is 0.340 e. The molecule has 152 valence electrons. The van der Waals surface area contributed by atoms with Gasteiger partial charge in [-0.15, -0.1) is 0 Å². The lowest BCUT2D eigenvalue weighted by Gasteiger charge is -2.37. The summed E-state index contributed by atoms with van der Waals surface area (Å²) >= 11 is 0. The van der Waals surface area contributed by atoms with Crippen LogP contribution in [0.3, 0.4) is 0 Å². The van der Waals surface area contributed by atoms with Crippen molar-refractivity contribution in [3.8, 4) is 17.5 Å². The fourth-order valence-corrected chi connectivity index (χ4v) is 3.85. The van der Waals surface area contributed by atoms with Crippen LogP contribution >= 0.6 is 0 Å². The van der Waals surface area contributed by atoms with Gasteiger partial charge in [-0.05, 0) is 49.9 Å². The van der Waals surface area contributed by atoms with E-state index in [4.69, 9.17) is 4.52 Å². The van der Waals surface area contributed by atoms with Crippen LogP contribution in [0.2, 0.25) is 0 Å². The van der Waals surface area contributed by atoms with Crippen molar-refractivity contribution >= 4 is 5.91 Å². The van der Waals surface area contributed by atoms with E-state index < -0.39 is 47.6 Å². The lowest BCUT2D eigenvalue weighted by molar-refractivity contribution is -0.194. The highest BCUT2D eigenvalue weighted by atomic mass is 19.4. The minimum atomic E-state index is -4.74. The zero-order valence-electron chi connectivity index (χ0n) is 15.2. The largest absolute Gasteiger partial charge is 0.405 e. The summed E-state index contributed by atoms with van der Waals surface area (Å²) in [6, 6.07) is 6.92. The van der Waals surface area contributed by atoms with E-state index in [9.17, 15) is 27.6 Å². The number of halogens is 4. The second-order valence-corrected chi connectivity index (χ2v) is 7.53. The first-order valence-corrected chi connectivity index (χ1v) is 9.08. The van der Waals surface area contributed by atoms with Crippen LogP contribution in [-0.4, -0.2) is 40.2 Å². The van der Waals surface area contributed by atoms with Crippen molar-refractivity contribution in [3.05, 3.63) is 36.0 Å². The Hall–Kier alpha value is -2.96. The summed E-state index contributed by atoms with van der Waals surface area (Å²) in [4.78, 5) is 17.7. The van der Waals surface area contributed by atoms with Crippen molar-refractivity contribution in [1.82, 2.24) is 15.0 Å². The van der Waals surface area contributed by atoms with E-state index in [1.165, 1.54) is 12.1 Å². The minimum Gasteiger partial charge on any atom is -0.340 e. The molecule has 1 saturated heterocycles. The Morgan fingerprint density at radius 3 is 2.45 bits per heavy atom. The van der Waals surface area contributed by atoms with Crippen molar-refractivity contribution in [1.29, 1.82) is 5.26 Å². The Morgan fingerprint density at radius 1 is 1.21 bits per heavy atom. The average Bonchev–Trinajstić information content (AvgIpc) is 3.29. The maximum absolute atomic E-state index is 14.1. The summed E-state index contributed by atoms with van der Waals surface area (Å²) < 4.78 is 60.3. The van der Waals surface area contributed by atoms with Gasteiger partial charge in [-0.1, -0.05) is 5.16 Å². The van der Waals surface area contributed by atoms with Crippen LogP contribution < -0.4 is 0 Å². The van der Waals surface area contributed by atoms with E-state index in [2.05, 4.69) is 10.1 Å². The predicted octanol–water partition coefficient (Wildman–Crippen LogP) is 3.60. The van der Waals surface area contributed by atoms with Crippen LogP contribution in [0.5, 0.6) is 0 Å². The molecule has 10 heteroatoms. The predicted molar refractivity (Wildman–Crippen MR) is 90.5 cm³/mol. The zero-order chi connectivity index (χ0) is 20.9. The van der Waals surface area contributed by atoms with E-state index in [0.29, 0.717) is 24.8 Å². The van der Waals surface area contributed by atoms with Gasteiger partial charge < -0.3 is 9.42 Å². The van der Waals surface area contributed by atoms with Crippen molar-refractivity contribution in [2.45, 2.75) is 37.3 Å². The molecule has 4 rings (SSSR count). The number of carbonyl (C=O) groups excluding carboxylic acids is 1. The number of rotatable bonds is 3. The molecule has 0 spiro atoms. The number of hydrogen-bond donors (Lipinski definition) is 0. The SMILES string of the molecule is N#CC1(C(=O)N2CCC(c3nc(-c4ccc(F)cc4)no3)(C(F)(F)F)C2)CCC1. The number of hydrogen-bond acceptors (Lipinski definition) is 5. The number of carbonyl (C=O) groups is 1. The Labute approximate surface area is 163 Å². The standard InChI is InChI=1S/C19H16F4N4O2/c20-13-4-2-12(3-5-13)14-25-15(29-26-14)18(19(21,22)23)8-9-27(11-18)16(28)17(10-24)6-1-7-17/h2-5H,1,6-9,11H2. The molecule has 0 N–H and O–H groups in total. The molecule has 0 radical (unpaired) electrons. The van der Waals surface area contributed by atoms with Gasteiger partial charge >= 0.3 is 6.18 Å². The summed E-state index contributed by atoms with van der Waals surface area (Å²) in [5.41, 5.74) is -3.42. The third kappa shape index (κ3) is 2.96. The lowest BCUT2D eigenvalue weighted by Crippen LogP contribution is -2.50. The highest BCUT2D eigenvalue weighted by Gasteiger charge is 2.64. The Kier molecular flexibility index (Phi) is 4.37. The van der Waals surface area contributed by atoms with E-state index in [-0.39, 0.29) is 12.4 Å². The maximum atomic E-state index is 14.1. The average molecular weight is 408 g/mol. The molecule has 1 atom stereocenters. The van der Waals surface area contributed by atoms with Gasteiger partial charge in [-0.25, -0.2) is 4.39 Å². The van der Waals surface area contributed by atoms with Crippen LogP contribution in [0, 0.1) is 22.6 Å². The molecule has 2 heterocycles. The Balaban J connectivity index is 1.65. The molecule has 1 aliphatic heterocycles. The molecule has 1 aromatic carbocycles. The summed E-state index contributed by atoms with van der Waals surface area (Å²) in [6.45, 7) is -0.833. The normalized spacial score (nSPS) is 23.5. The third-order valence-corrected chi connectivity index (χ3v) is 5.87. The van der Waals surface area contributed by atoms with Crippen LogP contribution in [0.1, 0.15) is 31.6 Å². The van der Waals surface area contributed by atoms with Crippen LogP contribution in [0.15, 0.2) is 28.8 Å². The molecule has 1 saturated carbocycles. The van der Waals surface area contributed by atoms with Gasteiger partial charge in [0.05, 0.1) is 6.07 Å². The van der Waals surface area contributed by atoms with Crippen LogP contribution in [-0.2, 0) is 10.2 Å². The minimum absolute atomic E-state index is 0.0964. The van der Waals surface area contributed by atoms with Gasteiger partial charge in [0, 0.05) is 18.7 Å². The first kappa shape index (κ1) is 19.4. The Morgan fingerprint density at radius 2 is 1.90 bits per heavy atom. The number of amides is 1. The fourth-order valence-electron chi connectivity index (χ4n) is 3.85. The van der Waals surface area contributed by atoms with E-state index in [0.717, 1.165) is 17.0 Å². The molecule has 0 bridgehead atoms. The molecule has 1 aromatic heterocycles. The maximum Gasteiger partial charge on any atom is 0.405 e. The number of nitrogens with zero attached hydrogens (tertiary/aromatic N) is 4. The summed E-state index contributed by atoms with van der Waals surface area (Å²) in [5.74, 6) is -1.81. The first-order valence-electron chi connectivity index (χ1n) is 9.08. The number of aromatic nitrogens is 2. The Bertz CT molecular complexity index is 975. The molecule has 1 aliphatic carbocycles. The van der Waals surface area contributed by atoms with Gasteiger partial charge in [0.25, 0.3) is 0 Å². The lowest BCUT2D eigenvalue weighted by atomic mass is 9.69. The molecule has 1 unspecified atom stereocenters. The topological polar surface area (TPSA) is 83.0 Å². The molecule has 1 amide bonds. The van der Waals surface area contributed by atoms with Crippen LogP contribution in [0.4, 0.5) is 17.6 Å². The van der Waals surface area contributed by atoms with Crippen LogP contribution in [0.25, 0.3) is 11.4 Å². The van der Waals surface area contributed by atoms with Gasteiger partial charge in [-0.2, -0.15) is 23.4 Å². The molecule has 2 aromatic rings.